The van der Waals surface area contributed by atoms with Crippen LogP contribution >= 0.6 is 11.6 Å². The predicted molar refractivity (Wildman–Crippen MR) is 99.8 cm³/mol. The van der Waals surface area contributed by atoms with E-state index in [0.29, 0.717) is 5.69 Å². The molecule has 8 nitrogen and oxygen atoms in total. The molecular weight excluding hydrogens is 366 g/mol. The fourth-order valence-corrected chi connectivity index (χ4v) is 2.88. The van der Waals surface area contributed by atoms with Crippen molar-refractivity contribution >= 4 is 34.1 Å². The smallest absolute Gasteiger partial charge is 0.258 e. The zero-order chi connectivity index (χ0) is 19.0. The molecule has 132 valence electrons. The Balaban J connectivity index is 1.69. The number of carbonyl (C=O) groups excluding carboxylic acids is 1. The Hall–Kier alpha value is -3.70. The fraction of sp³-hybridized carbons (Fsp3) is 0.0556. The first-order chi connectivity index (χ1) is 13.0. The maximum atomic E-state index is 12.6. The molecule has 3 aromatic heterocycles. The number of aromatic nitrogens is 5. The topological polar surface area (TPSA) is 101 Å². The summed E-state index contributed by atoms with van der Waals surface area (Å²) >= 11 is 5.99. The Morgan fingerprint density at radius 2 is 2.07 bits per heavy atom. The average molecular weight is 378 g/mol. The predicted octanol–water partition coefficient (Wildman–Crippen LogP) is 2.93. The maximum absolute atomic E-state index is 12.6. The number of nitriles is 1. The van der Waals surface area contributed by atoms with Gasteiger partial charge in [-0.05, 0) is 24.3 Å². The quantitative estimate of drug-likeness (QED) is 0.553. The zero-order valence-corrected chi connectivity index (χ0v) is 14.8. The van der Waals surface area contributed by atoms with E-state index >= 15 is 0 Å². The van der Waals surface area contributed by atoms with E-state index in [1.165, 1.54) is 12.3 Å². The van der Waals surface area contributed by atoms with E-state index in [2.05, 4.69) is 20.5 Å². The molecule has 4 aromatic rings. The van der Waals surface area contributed by atoms with Crippen molar-refractivity contribution in [3.05, 3.63) is 65.3 Å². The summed E-state index contributed by atoms with van der Waals surface area (Å²) in [6.07, 6.45) is 6.61. The number of nitrogens with one attached hydrogen (secondary N) is 1. The molecule has 0 saturated heterocycles. The van der Waals surface area contributed by atoms with Crippen LogP contribution in [-0.4, -0.2) is 30.5 Å². The number of hydrogen-bond donors (Lipinski definition) is 1. The first-order valence-corrected chi connectivity index (χ1v) is 8.27. The van der Waals surface area contributed by atoms with Gasteiger partial charge >= 0.3 is 0 Å². The van der Waals surface area contributed by atoms with Crippen molar-refractivity contribution in [2.24, 2.45) is 7.05 Å². The number of halogens is 1. The Bertz CT molecular complexity index is 1220. The van der Waals surface area contributed by atoms with Crippen LogP contribution in [-0.2, 0) is 7.05 Å². The number of hydrogen-bond acceptors (Lipinski definition) is 5. The van der Waals surface area contributed by atoms with E-state index in [1.807, 2.05) is 31.4 Å². The summed E-state index contributed by atoms with van der Waals surface area (Å²) in [5.74, 6) is -0.448. The van der Waals surface area contributed by atoms with Crippen LogP contribution in [0.4, 0.5) is 5.69 Å². The minimum absolute atomic E-state index is 0.0352. The minimum atomic E-state index is -0.448. The van der Waals surface area contributed by atoms with Crippen LogP contribution in [0, 0.1) is 11.3 Å². The van der Waals surface area contributed by atoms with Crippen molar-refractivity contribution in [3.63, 3.8) is 0 Å². The average Bonchev–Trinajstić information content (AvgIpc) is 3.27. The van der Waals surface area contributed by atoms with Gasteiger partial charge in [0.1, 0.15) is 16.9 Å². The number of fused-ring (bicyclic) bond motifs is 1. The highest BCUT2D eigenvalue weighted by atomic mass is 35.5. The van der Waals surface area contributed by atoms with Crippen molar-refractivity contribution in [2.75, 3.05) is 5.32 Å². The summed E-state index contributed by atoms with van der Waals surface area (Å²) in [6, 6.07) is 8.78. The molecule has 0 bridgehead atoms. The molecule has 1 aromatic carbocycles. The van der Waals surface area contributed by atoms with E-state index in [1.54, 1.807) is 27.8 Å². The molecule has 27 heavy (non-hydrogen) atoms. The highest BCUT2D eigenvalue weighted by Crippen LogP contribution is 2.23. The number of pyridine rings is 1. The number of aryl methyl sites for hydroxylation is 1. The molecule has 4 rings (SSSR count). The number of carbonyl (C=O) groups is 1. The second kappa shape index (κ2) is 6.55. The van der Waals surface area contributed by atoms with Gasteiger partial charge in [-0.25, -0.2) is 9.67 Å². The van der Waals surface area contributed by atoms with E-state index < -0.39 is 5.91 Å². The summed E-state index contributed by atoms with van der Waals surface area (Å²) in [7, 11) is 1.83. The maximum Gasteiger partial charge on any atom is 0.258 e. The van der Waals surface area contributed by atoms with Gasteiger partial charge in [-0.1, -0.05) is 11.6 Å². The molecule has 0 atom stereocenters. The first kappa shape index (κ1) is 16.8. The van der Waals surface area contributed by atoms with Crippen LogP contribution in [0.1, 0.15) is 15.9 Å². The summed E-state index contributed by atoms with van der Waals surface area (Å²) in [5, 5.41) is 21.2. The first-order valence-electron chi connectivity index (χ1n) is 7.89. The van der Waals surface area contributed by atoms with Gasteiger partial charge in [-0.15, -0.1) is 0 Å². The van der Waals surface area contributed by atoms with Crippen LogP contribution < -0.4 is 5.32 Å². The van der Waals surface area contributed by atoms with E-state index in [4.69, 9.17) is 16.9 Å². The van der Waals surface area contributed by atoms with E-state index in [0.717, 1.165) is 16.6 Å². The van der Waals surface area contributed by atoms with Gasteiger partial charge in [-0.2, -0.15) is 15.5 Å². The molecule has 0 unspecified atom stereocenters. The van der Waals surface area contributed by atoms with Gasteiger partial charge in [0.05, 0.1) is 35.2 Å². The standard InChI is InChI=1S/C18H12ClN7O/c1-25-10-14(9-22-25)26-16-5-13(3-2-12(16)8-23-26)24-18(27)15-4-11(6-20)7-21-17(15)19/h2-5,7-10H,1H3,(H,24,27). The van der Waals surface area contributed by atoms with Gasteiger partial charge in [0.15, 0.2) is 0 Å². The molecule has 0 radical (unpaired) electrons. The molecule has 0 aliphatic carbocycles. The van der Waals surface area contributed by atoms with Gasteiger partial charge in [-0.3, -0.25) is 9.48 Å². The van der Waals surface area contributed by atoms with Gasteiger partial charge in [0.25, 0.3) is 5.91 Å². The molecule has 1 amide bonds. The lowest BCUT2D eigenvalue weighted by Crippen LogP contribution is -2.13. The SMILES string of the molecule is Cn1cc(-n2ncc3ccc(NC(=O)c4cc(C#N)cnc4Cl)cc32)cn1. The zero-order valence-electron chi connectivity index (χ0n) is 14.1. The van der Waals surface area contributed by atoms with Crippen LogP contribution in [0.25, 0.3) is 16.6 Å². The van der Waals surface area contributed by atoms with Crippen molar-refractivity contribution in [3.8, 4) is 11.8 Å². The minimum Gasteiger partial charge on any atom is -0.322 e. The summed E-state index contributed by atoms with van der Waals surface area (Å²) in [6.45, 7) is 0. The normalized spacial score (nSPS) is 10.7. The second-order valence-electron chi connectivity index (χ2n) is 5.83. The van der Waals surface area contributed by atoms with Crippen LogP contribution in [0.2, 0.25) is 5.15 Å². The Kier molecular flexibility index (Phi) is 4.06. The molecule has 0 spiro atoms. The Labute approximate surface area is 158 Å². The largest absolute Gasteiger partial charge is 0.322 e. The van der Waals surface area contributed by atoms with Crippen molar-refractivity contribution in [2.45, 2.75) is 0 Å². The molecule has 9 heteroatoms. The number of amides is 1. The highest BCUT2D eigenvalue weighted by Gasteiger charge is 2.14. The second-order valence-corrected chi connectivity index (χ2v) is 6.19. The van der Waals surface area contributed by atoms with E-state index in [9.17, 15) is 4.79 Å². The molecule has 0 aliphatic rings. The Morgan fingerprint density at radius 1 is 1.22 bits per heavy atom. The monoisotopic (exact) mass is 377 g/mol. The molecule has 0 aliphatic heterocycles. The van der Waals surface area contributed by atoms with Crippen molar-refractivity contribution in [1.82, 2.24) is 24.5 Å². The van der Waals surface area contributed by atoms with E-state index in [-0.39, 0.29) is 16.3 Å². The van der Waals surface area contributed by atoms with Gasteiger partial charge in [0.2, 0.25) is 0 Å². The lowest BCUT2D eigenvalue weighted by molar-refractivity contribution is 0.102. The van der Waals surface area contributed by atoms with Gasteiger partial charge < -0.3 is 5.32 Å². The van der Waals surface area contributed by atoms with Gasteiger partial charge in [0, 0.05) is 24.3 Å². The molecule has 0 saturated carbocycles. The van der Waals surface area contributed by atoms with Crippen LogP contribution in [0.5, 0.6) is 0 Å². The summed E-state index contributed by atoms with van der Waals surface area (Å²) < 4.78 is 3.43. The third kappa shape index (κ3) is 3.12. The molecule has 0 fully saturated rings. The molecule has 1 N–H and O–H groups in total. The summed E-state index contributed by atoms with van der Waals surface area (Å²) in [5.41, 5.74) is 2.59. The van der Waals surface area contributed by atoms with Crippen molar-refractivity contribution in [1.29, 1.82) is 5.26 Å². The molecule has 3 heterocycles. The third-order valence-corrected chi connectivity index (χ3v) is 4.28. The number of rotatable bonds is 3. The number of benzene rings is 1. The van der Waals surface area contributed by atoms with Crippen LogP contribution in [0.3, 0.4) is 0 Å². The van der Waals surface area contributed by atoms with Crippen molar-refractivity contribution < 1.29 is 4.79 Å². The van der Waals surface area contributed by atoms with Crippen LogP contribution in [0.15, 0.2) is 49.1 Å². The lowest BCUT2D eigenvalue weighted by atomic mass is 10.2. The number of nitrogens with zero attached hydrogens (tertiary/aromatic N) is 6. The fourth-order valence-electron chi connectivity index (χ4n) is 2.69. The lowest BCUT2D eigenvalue weighted by Gasteiger charge is -2.07. The Morgan fingerprint density at radius 3 is 2.81 bits per heavy atom. The molecular formula is C18H12ClN7O. The number of anilines is 1. The summed E-state index contributed by atoms with van der Waals surface area (Å²) in [4.78, 5) is 16.4. The third-order valence-electron chi connectivity index (χ3n) is 3.98. The highest BCUT2D eigenvalue weighted by molar-refractivity contribution is 6.33.